The molecule has 0 aliphatic rings. The van der Waals surface area contributed by atoms with Crippen LogP contribution in [0.15, 0.2) is 18.2 Å². The van der Waals surface area contributed by atoms with E-state index >= 15 is 0 Å². The molecule has 0 fully saturated rings. The van der Waals surface area contributed by atoms with Crippen LogP contribution in [0, 0.1) is 11.7 Å². The number of carbonyl (C=O) groups is 1. The highest BCUT2D eigenvalue weighted by atomic mass is 19.1. The van der Waals surface area contributed by atoms with Gasteiger partial charge in [0.25, 0.3) is 0 Å². The van der Waals surface area contributed by atoms with E-state index in [2.05, 4.69) is 10.2 Å². The number of aromatic nitrogens is 2. The molecule has 2 aromatic rings. The highest BCUT2D eigenvalue weighted by Crippen LogP contribution is 2.21. The van der Waals surface area contributed by atoms with Gasteiger partial charge in [-0.25, -0.2) is 4.39 Å². The molecule has 1 aromatic heterocycles. The summed E-state index contributed by atoms with van der Waals surface area (Å²) in [5.74, 6) is -0.743. The Hall–Kier alpha value is -1.71. The molecule has 0 saturated heterocycles. The number of aromatic amines is 1. The van der Waals surface area contributed by atoms with Crippen LogP contribution in [0.25, 0.3) is 10.9 Å². The predicted molar refractivity (Wildman–Crippen MR) is 55.2 cm³/mol. The Morgan fingerprint density at radius 2 is 2.20 bits per heavy atom. The van der Waals surface area contributed by atoms with Gasteiger partial charge in [-0.3, -0.25) is 9.89 Å². The van der Waals surface area contributed by atoms with Gasteiger partial charge in [-0.05, 0) is 12.1 Å². The number of rotatable bonds is 2. The third-order valence-corrected chi connectivity index (χ3v) is 2.30. The van der Waals surface area contributed by atoms with Gasteiger partial charge >= 0.3 is 0 Å². The summed E-state index contributed by atoms with van der Waals surface area (Å²) in [7, 11) is 0. The Labute approximate surface area is 86.3 Å². The van der Waals surface area contributed by atoms with Crippen molar-refractivity contribution in [3.63, 3.8) is 0 Å². The van der Waals surface area contributed by atoms with Gasteiger partial charge in [-0.1, -0.05) is 19.9 Å². The fourth-order valence-corrected chi connectivity index (χ4v) is 1.48. The first-order chi connectivity index (χ1) is 7.11. The molecule has 0 aliphatic carbocycles. The van der Waals surface area contributed by atoms with Crippen LogP contribution in [0.4, 0.5) is 4.39 Å². The number of hydrogen-bond donors (Lipinski definition) is 1. The van der Waals surface area contributed by atoms with Crippen molar-refractivity contribution in [1.82, 2.24) is 10.2 Å². The summed E-state index contributed by atoms with van der Waals surface area (Å²) >= 11 is 0. The van der Waals surface area contributed by atoms with Crippen LogP contribution >= 0.6 is 0 Å². The van der Waals surface area contributed by atoms with Gasteiger partial charge in [-0.15, -0.1) is 0 Å². The number of benzene rings is 1. The van der Waals surface area contributed by atoms with Crippen LogP contribution in [0.5, 0.6) is 0 Å². The molecule has 0 radical (unpaired) electrons. The number of halogens is 1. The van der Waals surface area contributed by atoms with Crippen LogP contribution in [0.2, 0.25) is 0 Å². The first-order valence-corrected chi connectivity index (χ1v) is 4.78. The van der Waals surface area contributed by atoms with Gasteiger partial charge in [0, 0.05) is 5.92 Å². The minimum absolute atomic E-state index is 0.147. The molecule has 0 spiro atoms. The number of Topliss-reactive ketones (excluding diaryl/α,β-unsaturated/α-hetero) is 1. The summed E-state index contributed by atoms with van der Waals surface area (Å²) in [6.45, 7) is 3.54. The molecule has 0 saturated carbocycles. The Balaban J connectivity index is 2.67. The molecule has 78 valence electrons. The lowest BCUT2D eigenvalue weighted by Gasteiger charge is -2.00. The van der Waals surface area contributed by atoms with E-state index in [4.69, 9.17) is 0 Å². The number of ketones is 1. The van der Waals surface area contributed by atoms with Gasteiger partial charge < -0.3 is 0 Å². The summed E-state index contributed by atoms with van der Waals surface area (Å²) in [5.41, 5.74) is 0.747. The van der Waals surface area contributed by atoms with Gasteiger partial charge in [0.05, 0.1) is 10.9 Å². The number of carbonyl (C=O) groups excluding carboxylic acids is 1. The standard InChI is InChI=1S/C11H11FN2O/c1-6(2)11(15)10-9-7(12)4-3-5-8(9)13-14-10/h3-6H,1-2H3,(H,13,14). The Morgan fingerprint density at radius 1 is 1.47 bits per heavy atom. The molecule has 0 bridgehead atoms. The molecule has 2 rings (SSSR count). The van der Waals surface area contributed by atoms with Crippen LogP contribution in [-0.2, 0) is 0 Å². The van der Waals surface area contributed by atoms with Gasteiger partial charge in [0.1, 0.15) is 11.5 Å². The maximum absolute atomic E-state index is 13.5. The molecule has 0 amide bonds. The molecule has 0 atom stereocenters. The van der Waals surface area contributed by atoms with Gasteiger partial charge in [-0.2, -0.15) is 5.10 Å². The zero-order valence-corrected chi connectivity index (χ0v) is 8.54. The Kier molecular flexibility index (Phi) is 2.26. The maximum Gasteiger partial charge on any atom is 0.186 e. The second-order valence-corrected chi connectivity index (χ2v) is 3.75. The zero-order valence-electron chi connectivity index (χ0n) is 8.54. The summed E-state index contributed by atoms with van der Waals surface area (Å²) in [6, 6.07) is 4.61. The van der Waals surface area contributed by atoms with Crippen LogP contribution in [-0.4, -0.2) is 16.0 Å². The third kappa shape index (κ3) is 1.52. The average molecular weight is 206 g/mol. The zero-order chi connectivity index (χ0) is 11.0. The minimum Gasteiger partial charge on any atom is -0.292 e. The van der Waals surface area contributed by atoms with E-state index in [-0.39, 0.29) is 22.8 Å². The van der Waals surface area contributed by atoms with E-state index in [1.54, 1.807) is 26.0 Å². The number of nitrogens with zero attached hydrogens (tertiary/aromatic N) is 1. The number of hydrogen-bond acceptors (Lipinski definition) is 2. The lowest BCUT2D eigenvalue weighted by atomic mass is 10.0. The van der Waals surface area contributed by atoms with E-state index < -0.39 is 5.82 Å². The second-order valence-electron chi connectivity index (χ2n) is 3.75. The van der Waals surface area contributed by atoms with Crippen molar-refractivity contribution >= 4 is 16.7 Å². The van der Waals surface area contributed by atoms with Crippen molar-refractivity contribution in [2.75, 3.05) is 0 Å². The molecule has 4 heteroatoms. The summed E-state index contributed by atoms with van der Waals surface area (Å²) in [6.07, 6.45) is 0. The van der Waals surface area contributed by atoms with Crippen LogP contribution in [0.1, 0.15) is 24.3 Å². The van der Waals surface area contributed by atoms with Crippen molar-refractivity contribution < 1.29 is 9.18 Å². The third-order valence-electron chi connectivity index (χ3n) is 2.30. The van der Waals surface area contributed by atoms with E-state index in [1.165, 1.54) is 6.07 Å². The highest BCUT2D eigenvalue weighted by Gasteiger charge is 2.19. The molecule has 3 nitrogen and oxygen atoms in total. The quantitative estimate of drug-likeness (QED) is 0.767. The van der Waals surface area contributed by atoms with Crippen molar-refractivity contribution in [3.05, 3.63) is 29.7 Å². The van der Waals surface area contributed by atoms with E-state index in [0.29, 0.717) is 5.52 Å². The number of fused-ring (bicyclic) bond motifs is 1. The first-order valence-electron chi connectivity index (χ1n) is 4.78. The van der Waals surface area contributed by atoms with Crippen molar-refractivity contribution in [2.24, 2.45) is 5.92 Å². The smallest absolute Gasteiger partial charge is 0.186 e. The monoisotopic (exact) mass is 206 g/mol. The largest absolute Gasteiger partial charge is 0.292 e. The number of H-pyrrole nitrogens is 1. The van der Waals surface area contributed by atoms with Crippen molar-refractivity contribution in [3.8, 4) is 0 Å². The lowest BCUT2D eigenvalue weighted by Crippen LogP contribution is -2.08. The molecule has 0 aliphatic heterocycles. The molecule has 0 unspecified atom stereocenters. The summed E-state index contributed by atoms with van der Waals surface area (Å²) in [4.78, 5) is 11.7. The summed E-state index contributed by atoms with van der Waals surface area (Å²) in [5, 5.41) is 6.80. The molecule has 1 N–H and O–H groups in total. The topological polar surface area (TPSA) is 45.8 Å². The minimum atomic E-state index is -0.412. The molecular weight excluding hydrogens is 195 g/mol. The molecule has 15 heavy (non-hydrogen) atoms. The number of nitrogens with one attached hydrogen (secondary N) is 1. The molecule has 1 aromatic carbocycles. The van der Waals surface area contributed by atoms with E-state index in [1.807, 2.05) is 0 Å². The molecular formula is C11H11FN2O. The summed E-state index contributed by atoms with van der Waals surface area (Å²) < 4.78 is 13.5. The Bertz CT molecular complexity index is 516. The normalized spacial score (nSPS) is 11.2. The van der Waals surface area contributed by atoms with Gasteiger partial charge in [0.15, 0.2) is 5.78 Å². The fraction of sp³-hybridized carbons (Fsp3) is 0.273. The van der Waals surface area contributed by atoms with Crippen molar-refractivity contribution in [1.29, 1.82) is 0 Å². The van der Waals surface area contributed by atoms with Crippen molar-refractivity contribution in [2.45, 2.75) is 13.8 Å². The van der Waals surface area contributed by atoms with Gasteiger partial charge in [0.2, 0.25) is 0 Å². The average Bonchev–Trinajstić information content (AvgIpc) is 2.61. The SMILES string of the molecule is CC(C)C(=O)c1n[nH]c2cccc(F)c12. The Morgan fingerprint density at radius 3 is 2.87 bits per heavy atom. The predicted octanol–water partition coefficient (Wildman–Crippen LogP) is 2.54. The second kappa shape index (κ2) is 3.46. The maximum atomic E-state index is 13.5. The van der Waals surface area contributed by atoms with Crippen LogP contribution < -0.4 is 0 Å². The van der Waals surface area contributed by atoms with Crippen LogP contribution in [0.3, 0.4) is 0 Å². The lowest BCUT2D eigenvalue weighted by molar-refractivity contribution is 0.0935. The first kappa shape index (κ1) is 9.83. The fourth-order valence-electron chi connectivity index (χ4n) is 1.48. The van der Waals surface area contributed by atoms with E-state index in [9.17, 15) is 9.18 Å². The molecule has 1 heterocycles. The highest BCUT2D eigenvalue weighted by molar-refractivity contribution is 6.06. The van der Waals surface area contributed by atoms with E-state index in [0.717, 1.165) is 0 Å².